The van der Waals surface area contributed by atoms with E-state index >= 15 is 0 Å². The number of hydrogen-bond acceptors (Lipinski definition) is 3. The molecule has 1 aromatic carbocycles. The first-order chi connectivity index (χ1) is 12.3. The van der Waals surface area contributed by atoms with Crippen molar-refractivity contribution < 1.29 is 9.90 Å². The molecule has 140 valence electrons. The molecule has 0 aliphatic heterocycles. The molecule has 0 radical (unpaired) electrons. The van der Waals surface area contributed by atoms with Gasteiger partial charge < -0.3 is 10.4 Å². The van der Waals surface area contributed by atoms with Gasteiger partial charge in [0.2, 0.25) is 0 Å². The van der Waals surface area contributed by atoms with Gasteiger partial charge in [-0.05, 0) is 49.1 Å². The maximum Gasteiger partial charge on any atom is 0.404 e. The van der Waals surface area contributed by atoms with E-state index < -0.39 is 6.09 Å². The molecular formula is C21H28N2O2S. The number of nitrogens with one attached hydrogen (secondary N) is 1. The highest BCUT2D eigenvalue weighted by Crippen LogP contribution is 2.34. The van der Waals surface area contributed by atoms with Crippen LogP contribution in [0.2, 0.25) is 0 Å². The number of aryl methyl sites for hydroxylation is 2. The highest BCUT2D eigenvalue weighted by Gasteiger charge is 2.20. The lowest BCUT2D eigenvalue weighted by Gasteiger charge is -2.21. The second-order valence-electron chi connectivity index (χ2n) is 7.03. The SMILES string of the molecule is CSCc1c(C)nc(CC(C)C)c(CNC(=O)O)c1-c1ccc(C)cc1. The number of thioether (sulfide) groups is 1. The number of rotatable bonds is 7. The number of hydrogen-bond donors (Lipinski definition) is 2. The fourth-order valence-electron chi connectivity index (χ4n) is 3.14. The number of pyridine rings is 1. The molecule has 5 heteroatoms. The second kappa shape index (κ2) is 9.08. The van der Waals surface area contributed by atoms with E-state index in [1.165, 1.54) is 11.1 Å². The van der Waals surface area contributed by atoms with Crippen LogP contribution >= 0.6 is 11.8 Å². The summed E-state index contributed by atoms with van der Waals surface area (Å²) in [5.74, 6) is 1.30. The molecule has 0 aliphatic rings. The summed E-state index contributed by atoms with van der Waals surface area (Å²) in [5, 5.41) is 11.7. The van der Waals surface area contributed by atoms with Crippen LogP contribution in [-0.2, 0) is 18.7 Å². The van der Waals surface area contributed by atoms with Crippen LogP contribution in [0.15, 0.2) is 24.3 Å². The second-order valence-corrected chi connectivity index (χ2v) is 7.90. The number of nitrogens with zero attached hydrogens (tertiary/aromatic N) is 1. The van der Waals surface area contributed by atoms with Gasteiger partial charge in [0, 0.05) is 29.2 Å². The van der Waals surface area contributed by atoms with E-state index in [9.17, 15) is 4.79 Å². The predicted octanol–water partition coefficient (Wildman–Crippen LogP) is 5.19. The Labute approximate surface area is 160 Å². The molecule has 26 heavy (non-hydrogen) atoms. The number of amides is 1. The van der Waals surface area contributed by atoms with Gasteiger partial charge in [-0.15, -0.1) is 0 Å². The van der Waals surface area contributed by atoms with E-state index in [0.29, 0.717) is 5.92 Å². The quantitative estimate of drug-likeness (QED) is 0.702. The number of carbonyl (C=O) groups is 1. The third kappa shape index (κ3) is 5.01. The Bertz CT molecular complexity index is 771. The molecule has 0 saturated carbocycles. The summed E-state index contributed by atoms with van der Waals surface area (Å²) in [4.78, 5) is 16.0. The lowest BCUT2D eigenvalue weighted by atomic mass is 9.90. The summed E-state index contributed by atoms with van der Waals surface area (Å²) in [6.07, 6.45) is 1.90. The van der Waals surface area contributed by atoms with Gasteiger partial charge in [0.15, 0.2) is 0 Å². The minimum absolute atomic E-state index is 0.273. The van der Waals surface area contributed by atoms with Crippen LogP contribution in [0.3, 0.4) is 0 Å². The molecule has 1 aromatic heterocycles. The lowest BCUT2D eigenvalue weighted by Crippen LogP contribution is -2.23. The Morgan fingerprint density at radius 2 is 1.85 bits per heavy atom. The summed E-state index contributed by atoms with van der Waals surface area (Å²) in [5.41, 5.74) is 7.68. The molecule has 2 N–H and O–H groups in total. The van der Waals surface area contributed by atoms with E-state index in [4.69, 9.17) is 10.1 Å². The average molecular weight is 373 g/mol. The van der Waals surface area contributed by atoms with E-state index in [1.807, 2.05) is 0 Å². The van der Waals surface area contributed by atoms with Gasteiger partial charge in [-0.3, -0.25) is 4.98 Å². The maximum absolute atomic E-state index is 11.1. The molecule has 0 fully saturated rings. The molecule has 0 aliphatic carbocycles. The fraction of sp³-hybridized carbons (Fsp3) is 0.429. The van der Waals surface area contributed by atoms with Crippen LogP contribution in [0.5, 0.6) is 0 Å². The summed E-state index contributed by atoms with van der Waals surface area (Å²) >= 11 is 1.76. The van der Waals surface area contributed by atoms with Gasteiger partial charge in [0.1, 0.15) is 0 Å². The zero-order valence-corrected chi connectivity index (χ0v) is 17.0. The van der Waals surface area contributed by atoms with Gasteiger partial charge in [-0.2, -0.15) is 11.8 Å². The van der Waals surface area contributed by atoms with Crippen LogP contribution in [0.4, 0.5) is 4.79 Å². The van der Waals surface area contributed by atoms with E-state index in [-0.39, 0.29) is 6.54 Å². The molecule has 1 heterocycles. The lowest BCUT2D eigenvalue weighted by molar-refractivity contribution is 0.194. The highest BCUT2D eigenvalue weighted by atomic mass is 32.2. The average Bonchev–Trinajstić information content (AvgIpc) is 2.56. The van der Waals surface area contributed by atoms with Crippen molar-refractivity contribution in [2.45, 2.75) is 46.4 Å². The Kier molecular flexibility index (Phi) is 7.09. The molecule has 0 bridgehead atoms. The monoisotopic (exact) mass is 372 g/mol. The number of aromatic nitrogens is 1. The van der Waals surface area contributed by atoms with Crippen molar-refractivity contribution in [2.75, 3.05) is 6.26 Å². The van der Waals surface area contributed by atoms with Crippen molar-refractivity contribution in [3.63, 3.8) is 0 Å². The van der Waals surface area contributed by atoms with Gasteiger partial charge >= 0.3 is 6.09 Å². The van der Waals surface area contributed by atoms with Crippen LogP contribution in [0.1, 0.15) is 41.9 Å². The van der Waals surface area contributed by atoms with Gasteiger partial charge in [-0.1, -0.05) is 43.7 Å². The molecule has 4 nitrogen and oxygen atoms in total. The number of carboxylic acid groups (broad SMARTS) is 1. The van der Waals surface area contributed by atoms with Crippen molar-refractivity contribution in [1.82, 2.24) is 10.3 Å². The Balaban J connectivity index is 2.72. The maximum atomic E-state index is 11.1. The van der Waals surface area contributed by atoms with Crippen molar-refractivity contribution >= 4 is 17.9 Å². The largest absolute Gasteiger partial charge is 0.465 e. The zero-order chi connectivity index (χ0) is 19.3. The summed E-state index contributed by atoms with van der Waals surface area (Å²) in [7, 11) is 0. The first-order valence-electron chi connectivity index (χ1n) is 8.87. The zero-order valence-electron chi connectivity index (χ0n) is 16.2. The normalized spacial score (nSPS) is 11.0. The molecule has 2 aromatic rings. The van der Waals surface area contributed by atoms with Crippen molar-refractivity contribution in [3.8, 4) is 11.1 Å². The third-order valence-electron chi connectivity index (χ3n) is 4.34. The van der Waals surface area contributed by atoms with Gasteiger partial charge in [0.25, 0.3) is 0 Å². The van der Waals surface area contributed by atoms with Crippen LogP contribution < -0.4 is 5.32 Å². The molecule has 2 rings (SSSR count). The first kappa shape index (κ1) is 20.3. The van der Waals surface area contributed by atoms with E-state index in [1.54, 1.807) is 11.8 Å². The van der Waals surface area contributed by atoms with Crippen LogP contribution in [-0.4, -0.2) is 22.4 Å². The Morgan fingerprint density at radius 3 is 2.38 bits per heavy atom. The minimum Gasteiger partial charge on any atom is -0.465 e. The standard InChI is InChI=1S/C21H28N2O2S/c1-13(2)10-19-17(11-22-21(24)25)20(16-8-6-14(3)7-9-16)18(12-26-5)15(4)23-19/h6-9,13,22H,10-12H2,1-5H3,(H,24,25). The third-order valence-corrected chi connectivity index (χ3v) is 4.92. The first-order valence-corrected chi connectivity index (χ1v) is 10.3. The van der Waals surface area contributed by atoms with Crippen LogP contribution in [0.25, 0.3) is 11.1 Å². The van der Waals surface area contributed by atoms with E-state index in [2.05, 4.69) is 63.5 Å². The topological polar surface area (TPSA) is 62.2 Å². The minimum atomic E-state index is -1.01. The summed E-state index contributed by atoms with van der Waals surface area (Å²) in [6.45, 7) is 8.72. The molecule has 1 amide bonds. The van der Waals surface area contributed by atoms with Crippen LogP contribution in [0, 0.1) is 19.8 Å². The van der Waals surface area contributed by atoms with Crippen molar-refractivity contribution in [1.29, 1.82) is 0 Å². The fourth-order valence-corrected chi connectivity index (χ4v) is 3.79. The summed E-state index contributed by atoms with van der Waals surface area (Å²) < 4.78 is 0. The van der Waals surface area contributed by atoms with Crippen molar-refractivity contribution in [3.05, 3.63) is 52.3 Å². The van der Waals surface area contributed by atoms with Gasteiger partial charge in [-0.25, -0.2) is 4.79 Å². The molecule has 0 spiro atoms. The Hall–Kier alpha value is -2.01. The van der Waals surface area contributed by atoms with Crippen molar-refractivity contribution in [2.24, 2.45) is 5.92 Å². The summed E-state index contributed by atoms with van der Waals surface area (Å²) in [6, 6.07) is 8.45. The predicted molar refractivity (Wildman–Crippen MR) is 110 cm³/mol. The Morgan fingerprint density at radius 1 is 1.19 bits per heavy atom. The molecular weight excluding hydrogens is 344 g/mol. The molecule has 0 saturated heterocycles. The molecule has 0 atom stereocenters. The highest BCUT2D eigenvalue weighted by molar-refractivity contribution is 7.97. The number of benzene rings is 1. The molecule has 0 unspecified atom stereocenters. The van der Waals surface area contributed by atoms with E-state index in [0.717, 1.165) is 40.3 Å². The van der Waals surface area contributed by atoms with Gasteiger partial charge in [0.05, 0.1) is 0 Å². The smallest absolute Gasteiger partial charge is 0.404 e.